The molecule has 0 saturated carbocycles. The summed E-state index contributed by atoms with van der Waals surface area (Å²) in [6.45, 7) is 3.36. The van der Waals surface area contributed by atoms with Crippen molar-refractivity contribution in [3.05, 3.63) is 65.7 Å². The van der Waals surface area contributed by atoms with Gasteiger partial charge >= 0.3 is 0 Å². The van der Waals surface area contributed by atoms with Gasteiger partial charge in [-0.2, -0.15) is 0 Å². The quantitative estimate of drug-likeness (QED) is 0.767. The third-order valence-electron chi connectivity index (χ3n) is 4.73. The number of hydrogen-bond acceptors (Lipinski definition) is 4. The van der Waals surface area contributed by atoms with Gasteiger partial charge in [-0.1, -0.05) is 12.1 Å². The number of nitrogens with zero attached hydrogens (tertiary/aromatic N) is 2. The monoisotopic (exact) mass is 403 g/mol. The highest BCUT2D eigenvalue weighted by Gasteiger charge is 2.21. The van der Waals surface area contributed by atoms with Crippen molar-refractivity contribution in [2.24, 2.45) is 0 Å². The van der Waals surface area contributed by atoms with E-state index in [0.717, 1.165) is 0 Å². The normalized spacial score (nSPS) is 14.5. The predicted octanol–water partition coefficient (Wildman–Crippen LogP) is 1.92. The van der Waals surface area contributed by atoms with E-state index in [1.807, 2.05) is 0 Å². The lowest BCUT2D eigenvalue weighted by Crippen LogP contribution is -2.51. The van der Waals surface area contributed by atoms with Crippen LogP contribution in [0.15, 0.2) is 48.5 Å². The Morgan fingerprint density at radius 1 is 0.966 bits per heavy atom. The number of rotatable bonds is 7. The molecule has 0 radical (unpaired) electrons. The van der Waals surface area contributed by atoms with Crippen LogP contribution in [0.2, 0.25) is 0 Å². The Labute approximate surface area is 168 Å². The second kappa shape index (κ2) is 9.97. The Balaban J connectivity index is 1.34. The number of halogens is 2. The molecule has 1 fully saturated rings. The molecule has 0 aliphatic carbocycles. The van der Waals surface area contributed by atoms with Gasteiger partial charge in [-0.15, -0.1) is 0 Å². The number of benzene rings is 2. The Morgan fingerprint density at radius 3 is 2.34 bits per heavy atom. The number of hydrogen-bond donors (Lipinski definition) is 1. The van der Waals surface area contributed by atoms with Crippen molar-refractivity contribution in [1.82, 2.24) is 15.1 Å². The maximum Gasteiger partial charge on any atom is 0.260 e. The Morgan fingerprint density at radius 2 is 1.66 bits per heavy atom. The highest BCUT2D eigenvalue weighted by Crippen LogP contribution is 2.15. The molecule has 0 spiro atoms. The average Bonchev–Trinajstić information content (AvgIpc) is 2.74. The maximum atomic E-state index is 13.5. The third kappa shape index (κ3) is 5.99. The van der Waals surface area contributed by atoms with Crippen LogP contribution in [0.25, 0.3) is 0 Å². The van der Waals surface area contributed by atoms with Gasteiger partial charge in [-0.05, 0) is 36.4 Å². The van der Waals surface area contributed by atoms with Gasteiger partial charge in [0.15, 0.2) is 18.2 Å². The van der Waals surface area contributed by atoms with Gasteiger partial charge in [-0.3, -0.25) is 14.5 Å². The Kier molecular flexibility index (Phi) is 7.13. The highest BCUT2D eigenvalue weighted by atomic mass is 19.1. The van der Waals surface area contributed by atoms with E-state index in [-0.39, 0.29) is 30.0 Å². The second-order valence-electron chi connectivity index (χ2n) is 6.70. The second-order valence-corrected chi connectivity index (χ2v) is 6.70. The molecule has 2 aromatic rings. The molecular weight excluding hydrogens is 380 g/mol. The van der Waals surface area contributed by atoms with Gasteiger partial charge < -0.3 is 15.0 Å². The number of piperazine rings is 1. The number of nitrogens with one attached hydrogen (secondary N) is 1. The summed E-state index contributed by atoms with van der Waals surface area (Å²) in [6, 6.07) is 11.4. The lowest BCUT2D eigenvalue weighted by molar-refractivity contribution is -0.135. The SMILES string of the molecule is O=C(NCCN1CCN(C(=O)COc2ccccc2F)CC1)c1ccc(F)cc1. The summed E-state index contributed by atoms with van der Waals surface area (Å²) in [6.07, 6.45) is 0. The summed E-state index contributed by atoms with van der Waals surface area (Å²) < 4.78 is 31.7. The zero-order chi connectivity index (χ0) is 20.6. The van der Waals surface area contributed by atoms with Crippen LogP contribution in [-0.4, -0.2) is 67.5 Å². The third-order valence-corrected chi connectivity index (χ3v) is 4.73. The van der Waals surface area contributed by atoms with Crippen LogP contribution in [0.5, 0.6) is 5.75 Å². The van der Waals surface area contributed by atoms with Crippen LogP contribution in [0.1, 0.15) is 10.4 Å². The number of amides is 2. The lowest BCUT2D eigenvalue weighted by Gasteiger charge is -2.34. The molecule has 1 heterocycles. The van der Waals surface area contributed by atoms with Gasteiger partial charge in [0.05, 0.1) is 0 Å². The smallest absolute Gasteiger partial charge is 0.260 e. The van der Waals surface area contributed by atoms with Gasteiger partial charge in [0, 0.05) is 44.8 Å². The van der Waals surface area contributed by atoms with E-state index in [0.29, 0.717) is 44.8 Å². The fourth-order valence-corrected chi connectivity index (χ4v) is 3.04. The van der Waals surface area contributed by atoms with Crippen molar-refractivity contribution in [2.45, 2.75) is 0 Å². The van der Waals surface area contributed by atoms with Crippen molar-refractivity contribution in [1.29, 1.82) is 0 Å². The van der Waals surface area contributed by atoms with E-state index in [2.05, 4.69) is 10.2 Å². The van der Waals surface area contributed by atoms with Crippen LogP contribution < -0.4 is 10.1 Å². The molecule has 1 aliphatic heterocycles. The standard InChI is InChI=1S/C21H23F2N3O3/c22-17-7-5-16(6-8-17)21(28)24-9-10-25-11-13-26(14-12-25)20(27)15-29-19-4-2-1-3-18(19)23/h1-8H,9-15H2,(H,24,28). The van der Waals surface area contributed by atoms with E-state index in [1.165, 1.54) is 36.4 Å². The largest absolute Gasteiger partial charge is 0.481 e. The Hall–Kier alpha value is -3.00. The van der Waals surface area contributed by atoms with E-state index in [1.54, 1.807) is 17.0 Å². The van der Waals surface area contributed by atoms with Crippen molar-refractivity contribution < 1.29 is 23.1 Å². The summed E-state index contributed by atoms with van der Waals surface area (Å²) in [5, 5.41) is 2.80. The highest BCUT2D eigenvalue weighted by molar-refractivity contribution is 5.94. The van der Waals surface area contributed by atoms with E-state index >= 15 is 0 Å². The minimum absolute atomic E-state index is 0.0661. The van der Waals surface area contributed by atoms with Gasteiger partial charge in [0.25, 0.3) is 11.8 Å². The van der Waals surface area contributed by atoms with E-state index < -0.39 is 5.82 Å². The molecule has 6 nitrogen and oxygen atoms in total. The minimum atomic E-state index is -0.493. The van der Waals surface area contributed by atoms with E-state index in [9.17, 15) is 18.4 Å². The number of ether oxygens (including phenoxy) is 1. The van der Waals surface area contributed by atoms with Crippen LogP contribution in [-0.2, 0) is 4.79 Å². The topological polar surface area (TPSA) is 61.9 Å². The fourth-order valence-electron chi connectivity index (χ4n) is 3.04. The van der Waals surface area contributed by atoms with Crippen LogP contribution in [0.4, 0.5) is 8.78 Å². The molecule has 0 unspecified atom stereocenters. The summed E-state index contributed by atoms with van der Waals surface area (Å²) in [7, 11) is 0. The number of carbonyl (C=O) groups excluding carboxylic acids is 2. The molecule has 1 aliphatic rings. The first-order chi connectivity index (χ1) is 14.0. The molecule has 3 rings (SSSR count). The molecule has 1 N–H and O–H groups in total. The zero-order valence-electron chi connectivity index (χ0n) is 15.9. The van der Waals surface area contributed by atoms with Gasteiger partial charge in [-0.25, -0.2) is 8.78 Å². The summed E-state index contributed by atoms with van der Waals surface area (Å²) in [4.78, 5) is 28.1. The first kappa shape index (κ1) is 20.7. The summed E-state index contributed by atoms with van der Waals surface area (Å²) in [5.41, 5.74) is 0.414. The molecule has 2 aromatic carbocycles. The summed E-state index contributed by atoms with van der Waals surface area (Å²) >= 11 is 0. The molecule has 8 heteroatoms. The molecular formula is C21H23F2N3O3. The zero-order valence-corrected chi connectivity index (χ0v) is 15.9. The molecule has 2 amide bonds. The number of carbonyl (C=O) groups is 2. The van der Waals surface area contributed by atoms with Crippen LogP contribution in [0, 0.1) is 11.6 Å². The Bertz CT molecular complexity index is 837. The lowest BCUT2D eigenvalue weighted by atomic mass is 10.2. The maximum absolute atomic E-state index is 13.5. The van der Waals surface area contributed by atoms with Gasteiger partial charge in [0.2, 0.25) is 0 Å². The average molecular weight is 403 g/mol. The first-order valence-corrected chi connectivity index (χ1v) is 9.44. The molecule has 0 aromatic heterocycles. The van der Waals surface area contributed by atoms with E-state index in [4.69, 9.17) is 4.74 Å². The van der Waals surface area contributed by atoms with Crippen molar-refractivity contribution in [2.75, 3.05) is 45.9 Å². The number of para-hydroxylation sites is 1. The molecule has 1 saturated heterocycles. The first-order valence-electron chi connectivity index (χ1n) is 9.44. The van der Waals surface area contributed by atoms with Crippen molar-refractivity contribution in [3.8, 4) is 5.75 Å². The minimum Gasteiger partial charge on any atom is -0.481 e. The van der Waals surface area contributed by atoms with Crippen molar-refractivity contribution in [3.63, 3.8) is 0 Å². The van der Waals surface area contributed by atoms with Crippen LogP contribution >= 0.6 is 0 Å². The molecule has 29 heavy (non-hydrogen) atoms. The molecule has 0 bridgehead atoms. The van der Waals surface area contributed by atoms with Crippen LogP contribution in [0.3, 0.4) is 0 Å². The molecule has 0 atom stereocenters. The summed E-state index contributed by atoms with van der Waals surface area (Å²) in [5.74, 6) is -1.24. The fraction of sp³-hybridized carbons (Fsp3) is 0.333. The van der Waals surface area contributed by atoms with Crippen molar-refractivity contribution >= 4 is 11.8 Å². The molecule has 154 valence electrons. The van der Waals surface area contributed by atoms with Gasteiger partial charge in [0.1, 0.15) is 5.82 Å². The predicted molar refractivity (Wildman–Crippen MR) is 104 cm³/mol.